The number of nitro groups is 1. The fraction of sp³-hybridized carbons (Fsp3) is 0.167. The molecule has 0 amide bonds. The van der Waals surface area contributed by atoms with E-state index in [0.717, 1.165) is 5.56 Å². The SMILES string of the molecule is Cc1nc(NN)nc(NCc2ccccc2)c1[N+](=O)[O-]. The Bertz CT molecular complexity index is 617. The summed E-state index contributed by atoms with van der Waals surface area (Å²) >= 11 is 0. The van der Waals surface area contributed by atoms with Gasteiger partial charge in [-0.05, 0) is 12.5 Å². The summed E-state index contributed by atoms with van der Waals surface area (Å²) in [5.41, 5.74) is 3.37. The van der Waals surface area contributed by atoms with Gasteiger partial charge in [0, 0.05) is 6.54 Å². The molecule has 1 aromatic heterocycles. The third kappa shape index (κ3) is 2.98. The molecule has 0 spiro atoms. The van der Waals surface area contributed by atoms with E-state index in [9.17, 15) is 10.1 Å². The van der Waals surface area contributed by atoms with Crippen LogP contribution in [-0.2, 0) is 6.54 Å². The van der Waals surface area contributed by atoms with E-state index in [1.54, 1.807) is 0 Å². The van der Waals surface area contributed by atoms with Gasteiger partial charge in [0.05, 0.1) is 4.92 Å². The zero-order chi connectivity index (χ0) is 14.5. The van der Waals surface area contributed by atoms with Crippen LogP contribution < -0.4 is 16.6 Å². The number of nitrogens with two attached hydrogens (primary N) is 1. The molecule has 0 atom stereocenters. The Morgan fingerprint density at radius 2 is 2.00 bits per heavy atom. The lowest BCUT2D eigenvalue weighted by Gasteiger charge is -2.09. The van der Waals surface area contributed by atoms with Gasteiger partial charge in [-0.3, -0.25) is 15.5 Å². The molecular weight excluding hydrogens is 260 g/mol. The van der Waals surface area contributed by atoms with Crippen LogP contribution in [0, 0.1) is 17.0 Å². The highest BCUT2D eigenvalue weighted by Crippen LogP contribution is 2.26. The first-order chi connectivity index (χ1) is 9.61. The predicted octanol–water partition coefficient (Wildman–Crippen LogP) is 1.59. The van der Waals surface area contributed by atoms with Gasteiger partial charge in [-0.1, -0.05) is 30.3 Å². The molecule has 0 aliphatic heterocycles. The molecule has 8 heteroatoms. The average Bonchev–Trinajstić information content (AvgIpc) is 2.45. The number of hydrogen-bond donors (Lipinski definition) is 3. The lowest BCUT2D eigenvalue weighted by Crippen LogP contribution is -2.14. The molecule has 1 aromatic carbocycles. The zero-order valence-electron chi connectivity index (χ0n) is 10.8. The van der Waals surface area contributed by atoms with Crippen molar-refractivity contribution in [2.45, 2.75) is 13.5 Å². The molecule has 2 aromatic rings. The molecule has 0 bridgehead atoms. The van der Waals surface area contributed by atoms with E-state index >= 15 is 0 Å². The van der Waals surface area contributed by atoms with Gasteiger partial charge in [-0.2, -0.15) is 4.98 Å². The number of benzene rings is 1. The molecule has 2 rings (SSSR count). The van der Waals surface area contributed by atoms with Gasteiger partial charge in [-0.25, -0.2) is 10.8 Å². The molecule has 0 unspecified atom stereocenters. The smallest absolute Gasteiger partial charge is 0.332 e. The Hall–Kier alpha value is -2.74. The second-order valence-electron chi connectivity index (χ2n) is 4.07. The van der Waals surface area contributed by atoms with Gasteiger partial charge in [0.15, 0.2) is 0 Å². The van der Waals surface area contributed by atoms with Crippen molar-refractivity contribution in [2.24, 2.45) is 5.84 Å². The maximum Gasteiger partial charge on any atom is 0.332 e. The average molecular weight is 274 g/mol. The fourth-order valence-electron chi connectivity index (χ4n) is 1.76. The van der Waals surface area contributed by atoms with Gasteiger partial charge in [-0.15, -0.1) is 0 Å². The summed E-state index contributed by atoms with van der Waals surface area (Å²) in [7, 11) is 0. The van der Waals surface area contributed by atoms with Crippen LogP contribution in [-0.4, -0.2) is 14.9 Å². The third-order valence-electron chi connectivity index (χ3n) is 2.67. The maximum atomic E-state index is 11.1. The van der Waals surface area contributed by atoms with E-state index in [4.69, 9.17) is 5.84 Å². The summed E-state index contributed by atoms with van der Waals surface area (Å²) in [6.45, 7) is 1.95. The van der Waals surface area contributed by atoms with Crippen molar-refractivity contribution in [1.82, 2.24) is 9.97 Å². The van der Waals surface area contributed by atoms with Crippen molar-refractivity contribution in [3.63, 3.8) is 0 Å². The quantitative estimate of drug-likeness (QED) is 0.430. The van der Waals surface area contributed by atoms with E-state index < -0.39 is 4.92 Å². The number of nitrogens with one attached hydrogen (secondary N) is 2. The van der Waals surface area contributed by atoms with E-state index in [0.29, 0.717) is 6.54 Å². The Balaban J connectivity index is 2.29. The zero-order valence-corrected chi connectivity index (χ0v) is 10.8. The minimum Gasteiger partial charge on any atom is -0.360 e. The van der Waals surface area contributed by atoms with Crippen LogP contribution in [0.5, 0.6) is 0 Å². The molecule has 8 nitrogen and oxygen atoms in total. The predicted molar refractivity (Wildman–Crippen MR) is 75.0 cm³/mol. The summed E-state index contributed by atoms with van der Waals surface area (Å²) in [6.07, 6.45) is 0. The highest BCUT2D eigenvalue weighted by molar-refractivity contribution is 5.60. The first kappa shape index (κ1) is 13.7. The molecular formula is C12H14N6O2. The second-order valence-corrected chi connectivity index (χ2v) is 4.07. The second kappa shape index (κ2) is 5.93. The van der Waals surface area contributed by atoms with E-state index in [1.807, 2.05) is 30.3 Å². The Kier molecular flexibility index (Phi) is 4.06. The molecule has 4 N–H and O–H groups in total. The maximum absolute atomic E-state index is 11.1. The lowest BCUT2D eigenvalue weighted by molar-refractivity contribution is -0.385. The van der Waals surface area contributed by atoms with Crippen molar-refractivity contribution in [3.05, 3.63) is 51.7 Å². The standard InChI is InChI=1S/C12H14N6O2/c1-8-10(18(19)20)11(16-12(15-8)17-13)14-7-9-5-3-2-4-6-9/h2-6H,7,13H2,1H3,(H2,14,15,16,17). The number of nitrogen functional groups attached to an aromatic ring is 1. The van der Waals surface area contributed by atoms with Gasteiger partial charge >= 0.3 is 5.69 Å². The Morgan fingerprint density at radius 1 is 1.30 bits per heavy atom. The number of nitrogens with zero attached hydrogens (tertiary/aromatic N) is 3. The molecule has 0 saturated carbocycles. The highest BCUT2D eigenvalue weighted by atomic mass is 16.6. The van der Waals surface area contributed by atoms with Gasteiger partial charge in [0.1, 0.15) is 5.69 Å². The number of hydrazine groups is 1. The first-order valence-electron chi connectivity index (χ1n) is 5.89. The van der Waals surface area contributed by atoms with E-state index in [1.165, 1.54) is 6.92 Å². The van der Waals surface area contributed by atoms with Crippen LogP contribution in [0.2, 0.25) is 0 Å². The van der Waals surface area contributed by atoms with Crippen molar-refractivity contribution in [1.29, 1.82) is 0 Å². The summed E-state index contributed by atoms with van der Waals surface area (Å²) in [4.78, 5) is 18.5. The van der Waals surface area contributed by atoms with Crippen LogP contribution in [0.3, 0.4) is 0 Å². The number of anilines is 2. The van der Waals surface area contributed by atoms with Crippen molar-refractivity contribution >= 4 is 17.5 Å². The van der Waals surface area contributed by atoms with E-state index in [-0.39, 0.29) is 23.1 Å². The summed E-state index contributed by atoms with van der Waals surface area (Å²) in [5, 5.41) is 14.0. The third-order valence-corrected chi connectivity index (χ3v) is 2.67. The largest absolute Gasteiger partial charge is 0.360 e. The van der Waals surface area contributed by atoms with Crippen LogP contribution >= 0.6 is 0 Å². The van der Waals surface area contributed by atoms with E-state index in [2.05, 4.69) is 20.7 Å². The minimum atomic E-state index is -0.511. The molecule has 104 valence electrons. The highest BCUT2D eigenvalue weighted by Gasteiger charge is 2.21. The molecule has 0 saturated heterocycles. The molecule has 0 radical (unpaired) electrons. The van der Waals surface area contributed by atoms with Crippen LogP contribution in [0.1, 0.15) is 11.3 Å². The molecule has 0 aliphatic carbocycles. The fourth-order valence-corrected chi connectivity index (χ4v) is 1.76. The summed E-state index contributed by atoms with van der Waals surface area (Å²) < 4.78 is 0. The number of aromatic nitrogens is 2. The van der Waals surface area contributed by atoms with Crippen LogP contribution in [0.4, 0.5) is 17.5 Å². The molecule has 1 heterocycles. The van der Waals surface area contributed by atoms with Crippen molar-refractivity contribution in [2.75, 3.05) is 10.7 Å². The molecule has 0 aliphatic rings. The van der Waals surface area contributed by atoms with Crippen LogP contribution in [0.15, 0.2) is 30.3 Å². The van der Waals surface area contributed by atoms with Crippen molar-refractivity contribution < 1.29 is 4.92 Å². The van der Waals surface area contributed by atoms with Crippen molar-refractivity contribution in [3.8, 4) is 0 Å². The Labute approximate surface area is 115 Å². The monoisotopic (exact) mass is 274 g/mol. The van der Waals surface area contributed by atoms with Gasteiger partial charge in [0.25, 0.3) is 0 Å². The van der Waals surface area contributed by atoms with Gasteiger partial charge in [0.2, 0.25) is 11.8 Å². The number of rotatable bonds is 5. The number of aryl methyl sites for hydroxylation is 1. The lowest BCUT2D eigenvalue weighted by atomic mass is 10.2. The topological polar surface area (TPSA) is 119 Å². The summed E-state index contributed by atoms with van der Waals surface area (Å²) in [6, 6.07) is 9.51. The normalized spacial score (nSPS) is 10.1. The number of hydrogen-bond acceptors (Lipinski definition) is 7. The Morgan fingerprint density at radius 3 is 2.60 bits per heavy atom. The minimum absolute atomic E-state index is 0.128. The molecule has 20 heavy (non-hydrogen) atoms. The van der Waals surface area contributed by atoms with Crippen LogP contribution in [0.25, 0.3) is 0 Å². The summed E-state index contributed by atoms with van der Waals surface area (Å²) in [5.74, 6) is 5.52. The first-order valence-corrected chi connectivity index (χ1v) is 5.89. The van der Waals surface area contributed by atoms with Gasteiger partial charge < -0.3 is 5.32 Å². The molecule has 0 fully saturated rings.